The largest absolute Gasteiger partial charge is 0.388 e. The molecular weight excluding hydrogens is 212 g/mol. The molecule has 1 atom stereocenters. The minimum atomic E-state index is -1.00. The zero-order valence-electron chi connectivity index (χ0n) is 9.21. The topological polar surface area (TPSA) is 23.5 Å². The highest BCUT2D eigenvalue weighted by Gasteiger charge is 2.35. The maximum absolute atomic E-state index is 13.4. The van der Waals surface area contributed by atoms with E-state index < -0.39 is 17.2 Å². The molecule has 1 saturated heterocycles. The van der Waals surface area contributed by atoms with Crippen LogP contribution in [0, 0.1) is 11.6 Å². The van der Waals surface area contributed by atoms with E-state index in [1.807, 2.05) is 11.9 Å². The van der Waals surface area contributed by atoms with Crippen LogP contribution in [0.4, 0.5) is 8.78 Å². The minimum absolute atomic E-state index is 0.0136. The smallest absolute Gasteiger partial charge is 0.129 e. The molecule has 0 spiro atoms. The van der Waals surface area contributed by atoms with Crippen molar-refractivity contribution >= 4 is 0 Å². The second kappa shape index (κ2) is 4.11. The van der Waals surface area contributed by atoms with Crippen molar-refractivity contribution in [2.45, 2.75) is 18.4 Å². The lowest BCUT2D eigenvalue weighted by Gasteiger charge is -2.22. The van der Waals surface area contributed by atoms with Crippen LogP contribution in [0.2, 0.25) is 0 Å². The molecule has 0 radical (unpaired) electrons. The standard InChI is InChI=1S/C12H15F2NO/c1-15-6-5-12(16,8-15)7-9-10(13)3-2-4-11(9)14/h2-4,16H,5-8H2,1H3. The monoisotopic (exact) mass is 227 g/mol. The Morgan fingerprint density at radius 2 is 2.00 bits per heavy atom. The van der Waals surface area contributed by atoms with Gasteiger partial charge in [0.15, 0.2) is 0 Å². The van der Waals surface area contributed by atoms with Gasteiger partial charge >= 0.3 is 0 Å². The number of rotatable bonds is 2. The Morgan fingerprint density at radius 3 is 2.50 bits per heavy atom. The first kappa shape index (κ1) is 11.5. The fourth-order valence-electron chi connectivity index (χ4n) is 2.23. The van der Waals surface area contributed by atoms with Gasteiger partial charge in [0.05, 0.1) is 5.60 Å². The predicted octanol–water partition coefficient (Wildman–Crippen LogP) is 1.57. The van der Waals surface area contributed by atoms with Gasteiger partial charge in [0.25, 0.3) is 0 Å². The van der Waals surface area contributed by atoms with E-state index in [-0.39, 0.29) is 12.0 Å². The molecule has 1 unspecified atom stereocenters. The van der Waals surface area contributed by atoms with Crippen LogP contribution in [0.25, 0.3) is 0 Å². The van der Waals surface area contributed by atoms with E-state index in [9.17, 15) is 13.9 Å². The number of likely N-dealkylation sites (tertiary alicyclic amines) is 1. The third-order valence-electron chi connectivity index (χ3n) is 3.09. The zero-order valence-corrected chi connectivity index (χ0v) is 9.21. The lowest BCUT2D eigenvalue weighted by Crippen LogP contribution is -2.35. The third-order valence-corrected chi connectivity index (χ3v) is 3.09. The number of hydrogen-bond donors (Lipinski definition) is 1. The SMILES string of the molecule is CN1CCC(O)(Cc2c(F)cccc2F)C1. The number of aliphatic hydroxyl groups is 1. The minimum Gasteiger partial charge on any atom is -0.388 e. The van der Waals surface area contributed by atoms with Crippen LogP contribution in [-0.2, 0) is 6.42 Å². The highest BCUT2D eigenvalue weighted by atomic mass is 19.1. The molecule has 4 heteroatoms. The average molecular weight is 227 g/mol. The average Bonchev–Trinajstić information content (AvgIpc) is 2.53. The summed E-state index contributed by atoms with van der Waals surface area (Å²) in [4.78, 5) is 1.96. The van der Waals surface area contributed by atoms with Crippen molar-refractivity contribution < 1.29 is 13.9 Å². The fourth-order valence-corrected chi connectivity index (χ4v) is 2.23. The first-order valence-electron chi connectivity index (χ1n) is 5.34. The van der Waals surface area contributed by atoms with Crippen molar-refractivity contribution in [3.63, 3.8) is 0 Å². The predicted molar refractivity (Wildman–Crippen MR) is 57.1 cm³/mol. The summed E-state index contributed by atoms with van der Waals surface area (Å²) in [5.74, 6) is -1.16. The Balaban J connectivity index is 2.21. The Labute approximate surface area is 93.5 Å². The summed E-state index contributed by atoms with van der Waals surface area (Å²) in [7, 11) is 1.88. The van der Waals surface area contributed by atoms with Crippen LogP contribution >= 0.6 is 0 Å². The van der Waals surface area contributed by atoms with E-state index in [1.165, 1.54) is 18.2 Å². The number of likely N-dealkylation sites (N-methyl/N-ethyl adjacent to an activating group) is 1. The molecule has 0 bridgehead atoms. The number of hydrogen-bond acceptors (Lipinski definition) is 2. The highest BCUT2D eigenvalue weighted by molar-refractivity contribution is 5.22. The number of β-amino-alcohol motifs (C(OH)–C–C–N with tert-alkyl or cyclic N) is 1. The molecule has 0 aromatic heterocycles. The number of halogens is 2. The summed E-state index contributed by atoms with van der Waals surface area (Å²) in [6, 6.07) is 3.78. The molecule has 0 saturated carbocycles. The number of benzene rings is 1. The van der Waals surface area contributed by atoms with Gasteiger partial charge in [0, 0.05) is 25.1 Å². The number of nitrogens with zero attached hydrogens (tertiary/aromatic N) is 1. The molecule has 16 heavy (non-hydrogen) atoms. The van der Waals surface area contributed by atoms with Gasteiger partial charge in [-0.1, -0.05) is 6.07 Å². The van der Waals surface area contributed by atoms with E-state index in [1.54, 1.807) is 0 Å². The van der Waals surface area contributed by atoms with Gasteiger partial charge in [-0.25, -0.2) is 8.78 Å². The van der Waals surface area contributed by atoms with Gasteiger partial charge in [-0.2, -0.15) is 0 Å². The van der Waals surface area contributed by atoms with Gasteiger partial charge in [0.1, 0.15) is 11.6 Å². The van der Waals surface area contributed by atoms with Crippen LogP contribution in [-0.4, -0.2) is 35.7 Å². The Hall–Kier alpha value is -1.00. The molecule has 1 aliphatic rings. The van der Waals surface area contributed by atoms with Crippen LogP contribution < -0.4 is 0 Å². The van der Waals surface area contributed by atoms with Crippen LogP contribution in [0.1, 0.15) is 12.0 Å². The molecule has 2 rings (SSSR count). The summed E-state index contributed by atoms with van der Waals surface area (Å²) >= 11 is 0. The van der Waals surface area contributed by atoms with Crippen LogP contribution in [0.15, 0.2) is 18.2 Å². The van der Waals surface area contributed by atoms with Crippen molar-refractivity contribution in [2.75, 3.05) is 20.1 Å². The first-order chi connectivity index (χ1) is 7.50. The summed E-state index contributed by atoms with van der Waals surface area (Å²) in [5, 5.41) is 10.2. The normalized spacial score (nSPS) is 26.2. The van der Waals surface area contributed by atoms with Crippen molar-refractivity contribution in [3.8, 4) is 0 Å². The summed E-state index contributed by atoms with van der Waals surface area (Å²) in [5.41, 5.74) is -1.02. The van der Waals surface area contributed by atoms with Crippen molar-refractivity contribution in [3.05, 3.63) is 35.4 Å². The summed E-state index contributed by atoms with van der Waals surface area (Å²) in [6.45, 7) is 1.22. The van der Waals surface area contributed by atoms with Crippen molar-refractivity contribution in [1.82, 2.24) is 4.90 Å². The Bertz CT molecular complexity index is 376. The van der Waals surface area contributed by atoms with E-state index in [4.69, 9.17) is 0 Å². The maximum Gasteiger partial charge on any atom is 0.129 e. The molecular formula is C12H15F2NO. The molecule has 1 heterocycles. The molecule has 1 aromatic rings. The molecule has 0 aliphatic carbocycles. The van der Waals surface area contributed by atoms with Gasteiger partial charge in [-0.15, -0.1) is 0 Å². The first-order valence-corrected chi connectivity index (χ1v) is 5.34. The Morgan fingerprint density at radius 1 is 1.38 bits per heavy atom. The quantitative estimate of drug-likeness (QED) is 0.829. The lowest BCUT2D eigenvalue weighted by atomic mass is 9.93. The van der Waals surface area contributed by atoms with Gasteiger partial charge in [-0.3, -0.25) is 0 Å². The molecule has 1 aromatic carbocycles. The maximum atomic E-state index is 13.4. The zero-order chi connectivity index (χ0) is 11.8. The van der Waals surface area contributed by atoms with E-state index in [2.05, 4.69) is 0 Å². The highest BCUT2D eigenvalue weighted by Crippen LogP contribution is 2.26. The second-order valence-corrected chi connectivity index (χ2v) is 4.59. The molecule has 1 N–H and O–H groups in total. The van der Waals surface area contributed by atoms with E-state index in [0.717, 1.165) is 6.54 Å². The van der Waals surface area contributed by atoms with Gasteiger partial charge < -0.3 is 10.0 Å². The lowest BCUT2D eigenvalue weighted by molar-refractivity contribution is 0.0505. The molecule has 1 aliphatic heterocycles. The molecule has 88 valence electrons. The summed E-state index contributed by atoms with van der Waals surface area (Å²) in [6.07, 6.45) is 0.590. The van der Waals surface area contributed by atoms with Crippen molar-refractivity contribution in [1.29, 1.82) is 0 Å². The third kappa shape index (κ3) is 2.23. The second-order valence-electron chi connectivity index (χ2n) is 4.59. The molecule has 0 amide bonds. The van der Waals surface area contributed by atoms with Crippen LogP contribution in [0.3, 0.4) is 0 Å². The molecule has 2 nitrogen and oxygen atoms in total. The van der Waals surface area contributed by atoms with Gasteiger partial charge in [0.2, 0.25) is 0 Å². The van der Waals surface area contributed by atoms with E-state index >= 15 is 0 Å². The van der Waals surface area contributed by atoms with E-state index in [0.29, 0.717) is 13.0 Å². The molecule has 1 fully saturated rings. The van der Waals surface area contributed by atoms with Gasteiger partial charge in [-0.05, 0) is 25.6 Å². The van der Waals surface area contributed by atoms with Crippen LogP contribution in [0.5, 0.6) is 0 Å². The summed E-state index contributed by atoms with van der Waals surface area (Å²) < 4.78 is 26.8. The van der Waals surface area contributed by atoms with Crippen molar-refractivity contribution in [2.24, 2.45) is 0 Å². The Kier molecular flexibility index (Phi) is 2.95. The fraction of sp³-hybridized carbons (Fsp3) is 0.500.